The lowest BCUT2D eigenvalue weighted by atomic mass is 10.2. The minimum absolute atomic E-state index is 0.0197. The predicted octanol–water partition coefficient (Wildman–Crippen LogP) is 0.192. The molecule has 2 heterocycles. The molecule has 2 aromatic rings. The lowest BCUT2D eigenvalue weighted by Crippen LogP contribution is -2.28. The highest BCUT2D eigenvalue weighted by atomic mass is 16.6. The monoisotopic (exact) mass is 365 g/mol. The van der Waals surface area contributed by atoms with Crippen LogP contribution in [0.15, 0.2) is 18.6 Å². The van der Waals surface area contributed by atoms with Crippen molar-refractivity contribution in [1.82, 2.24) is 29.9 Å². The van der Waals surface area contributed by atoms with Crippen LogP contribution in [0.2, 0.25) is 0 Å². The van der Waals surface area contributed by atoms with Gasteiger partial charge in [-0.25, -0.2) is 9.25 Å². The summed E-state index contributed by atoms with van der Waals surface area (Å²) >= 11 is 0. The third-order valence-corrected chi connectivity index (χ3v) is 3.47. The number of hydrogen-bond donors (Lipinski definition) is 2. The van der Waals surface area contributed by atoms with E-state index >= 15 is 0 Å². The van der Waals surface area contributed by atoms with Crippen molar-refractivity contribution in [3.8, 4) is 0 Å². The second-order valence-electron chi connectivity index (χ2n) is 5.57. The van der Waals surface area contributed by atoms with Crippen LogP contribution in [-0.4, -0.2) is 53.0 Å². The van der Waals surface area contributed by atoms with Gasteiger partial charge >= 0.3 is 11.9 Å². The molecule has 0 aliphatic heterocycles. The lowest BCUT2D eigenvalue weighted by molar-refractivity contribution is -0.396. The first-order chi connectivity index (χ1) is 12.5. The smallest absolute Gasteiger partial charge is 0.434 e. The molecular weight excluding hydrogens is 346 g/mol. The number of imidazole rings is 1. The van der Waals surface area contributed by atoms with Crippen LogP contribution in [0.5, 0.6) is 0 Å². The van der Waals surface area contributed by atoms with E-state index in [4.69, 9.17) is 5.11 Å². The Kier molecular flexibility index (Phi) is 6.76. The zero-order chi connectivity index (χ0) is 18.9. The number of carbonyl (C=O) groups is 2. The summed E-state index contributed by atoms with van der Waals surface area (Å²) in [6, 6.07) is 0. The highest BCUT2D eigenvalue weighted by Crippen LogP contribution is 2.09. The number of carboxylic acids is 1. The van der Waals surface area contributed by atoms with E-state index in [9.17, 15) is 19.7 Å². The van der Waals surface area contributed by atoms with Crippen molar-refractivity contribution in [3.05, 3.63) is 34.4 Å². The van der Waals surface area contributed by atoms with E-state index < -0.39 is 10.9 Å². The molecular formula is C14H19N7O5. The average Bonchev–Trinajstić information content (AvgIpc) is 3.20. The minimum atomic E-state index is -0.822. The maximum atomic E-state index is 11.8. The molecule has 0 bridgehead atoms. The Morgan fingerprint density at radius 1 is 1.31 bits per heavy atom. The Labute approximate surface area is 148 Å². The molecule has 2 aromatic heterocycles. The first kappa shape index (κ1) is 19.0. The van der Waals surface area contributed by atoms with Gasteiger partial charge in [0.15, 0.2) is 0 Å². The first-order valence-corrected chi connectivity index (χ1v) is 7.98. The van der Waals surface area contributed by atoms with E-state index in [2.05, 4.69) is 20.6 Å². The summed E-state index contributed by atoms with van der Waals surface area (Å²) in [4.78, 5) is 36.1. The van der Waals surface area contributed by atoms with E-state index in [0.29, 0.717) is 25.1 Å². The van der Waals surface area contributed by atoms with Gasteiger partial charge in [0.05, 0.1) is 6.20 Å². The molecule has 12 nitrogen and oxygen atoms in total. The summed E-state index contributed by atoms with van der Waals surface area (Å²) in [6.45, 7) is 0.566. The molecule has 0 radical (unpaired) electrons. The molecule has 0 spiro atoms. The van der Waals surface area contributed by atoms with Gasteiger partial charge in [-0.05, 0) is 17.8 Å². The highest BCUT2D eigenvalue weighted by Gasteiger charge is 2.16. The van der Waals surface area contributed by atoms with Crippen LogP contribution >= 0.6 is 0 Å². The number of carboxylic acid groups (broad SMARTS) is 1. The zero-order valence-corrected chi connectivity index (χ0v) is 13.9. The largest absolute Gasteiger partial charge is 0.481 e. The van der Waals surface area contributed by atoms with Crippen LogP contribution in [0.3, 0.4) is 0 Å². The van der Waals surface area contributed by atoms with Crippen molar-refractivity contribution in [1.29, 1.82) is 0 Å². The second kappa shape index (κ2) is 9.25. The Hall–Kier alpha value is -3.31. The van der Waals surface area contributed by atoms with Gasteiger partial charge in [0.25, 0.3) is 0 Å². The fourth-order valence-electron chi connectivity index (χ4n) is 2.27. The Morgan fingerprint density at radius 2 is 2.12 bits per heavy atom. The van der Waals surface area contributed by atoms with Gasteiger partial charge in [0.2, 0.25) is 5.91 Å². The van der Waals surface area contributed by atoms with Crippen molar-refractivity contribution in [2.24, 2.45) is 0 Å². The summed E-state index contributed by atoms with van der Waals surface area (Å²) < 4.78 is 2.67. The zero-order valence-electron chi connectivity index (χ0n) is 13.9. The van der Waals surface area contributed by atoms with Gasteiger partial charge < -0.3 is 20.5 Å². The quantitative estimate of drug-likeness (QED) is 0.324. The third-order valence-electron chi connectivity index (χ3n) is 3.47. The molecule has 2 rings (SSSR count). The summed E-state index contributed by atoms with van der Waals surface area (Å²) in [5.74, 6) is -1.36. The second-order valence-corrected chi connectivity index (χ2v) is 5.57. The lowest BCUT2D eigenvalue weighted by Gasteiger charge is -2.04. The van der Waals surface area contributed by atoms with Gasteiger partial charge in [-0.15, -0.1) is 5.10 Å². The topological polar surface area (TPSA) is 158 Å². The van der Waals surface area contributed by atoms with E-state index in [1.54, 1.807) is 0 Å². The third kappa shape index (κ3) is 5.96. The number of aromatic nitrogens is 5. The Morgan fingerprint density at radius 3 is 2.85 bits per heavy atom. The molecule has 12 heteroatoms. The molecule has 1 amide bonds. The molecule has 0 saturated heterocycles. The summed E-state index contributed by atoms with van der Waals surface area (Å²) in [6.07, 6.45) is 6.47. The minimum Gasteiger partial charge on any atom is -0.481 e. The molecule has 0 aromatic carbocycles. The SMILES string of the molecule is O=C(O)CCCCCNC(=O)Cn1cc(Cn2ccnc2[N+](=O)[O-])nn1. The maximum Gasteiger partial charge on any atom is 0.434 e. The number of amides is 1. The highest BCUT2D eigenvalue weighted by molar-refractivity contribution is 5.75. The van der Waals surface area contributed by atoms with Crippen molar-refractivity contribution in [2.45, 2.75) is 38.8 Å². The number of rotatable bonds is 11. The number of unbranched alkanes of at least 4 members (excludes halogenated alkanes) is 2. The standard InChI is InChI=1S/C14H19N7O5/c22-12(15-5-3-1-2-4-13(23)24)10-20-9-11(17-18-20)8-19-7-6-16-14(19)21(25)26/h6-7,9H,1-5,8,10H2,(H,15,22)(H,23,24). The van der Waals surface area contributed by atoms with Crippen LogP contribution in [0.4, 0.5) is 5.95 Å². The van der Waals surface area contributed by atoms with E-state index in [1.165, 1.54) is 27.8 Å². The summed E-state index contributed by atoms with van der Waals surface area (Å²) in [5, 5.41) is 29.8. The van der Waals surface area contributed by atoms with Crippen molar-refractivity contribution >= 4 is 17.8 Å². The molecule has 0 atom stereocenters. The Balaban J connectivity index is 1.73. The molecule has 140 valence electrons. The fraction of sp³-hybridized carbons (Fsp3) is 0.500. The van der Waals surface area contributed by atoms with E-state index in [-0.39, 0.29) is 31.4 Å². The molecule has 2 N–H and O–H groups in total. The van der Waals surface area contributed by atoms with Crippen LogP contribution < -0.4 is 5.32 Å². The normalized spacial score (nSPS) is 10.6. The molecule has 0 unspecified atom stereocenters. The molecule has 0 fully saturated rings. The summed E-state index contributed by atoms with van der Waals surface area (Å²) in [7, 11) is 0. The Bertz CT molecular complexity index is 769. The van der Waals surface area contributed by atoms with Crippen molar-refractivity contribution < 1.29 is 19.6 Å². The van der Waals surface area contributed by atoms with Gasteiger partial charge in [-0.1, -0.05) is 16.6 Å². The number of aliphatic carboxylic acids is 1. The number of nitrogens with zero attached hydrogens (tertiary/aromatic N) is 6. The first-order valence-electron chi connectivity index (χ1n) is 7.98. The molecule has 0 aliphatic rings. The predicted molar refractivity (Wildman–Crippen MR) is 87.1 cm³/mol. The van der Waals surface area contributed by atoms with E-state index in [0.717, 1.165) is 6.42 Å². The summed E-state index contributed by atoms with van der Waals surface area (Å²) in [5.41, 5.74) is 0.465. The van der Waals surface area contributed by atoms with Gasteiger partial charge in [0.1, 0.15) is 31.2 Å². The molecule has 26 heavy (non-hydrogen) atoms. The van der Waals surface area contributed by atoms with E-state index in [1.807, 2.05) is 0 Å². The van der Waals surface area contributed by atoms with Crippen LogP contribution in [0.25, 0.3) is 0 Å². The molecule has 0 saturated carbocycles. The van der Waals surface area contributed by atoms with Crippen molar-refractivity contribution in [3.63, 3.8) is 0 Å². The van der Waals surface area contributed by atoms with Gasteiger partial charge in [-0.2, -0.15) is 0 Å². The number of nitro groups is 1. The number of carbonyl (C=O) groups excluding carboxylic acids is 1. The average molecular weight is 365 g/mol. The van der Waals surface area contributed by atoms with Crippen molar-refractivity contribution in [2.75, 3.05) is 6.54 Å². The molecule has 0 aliphatic carbocycles. The maximum absolute atomic E-state index is 11.8. The van der Waals surface area contributed by atoms with Gasteiger partial charge in [-0.3, -0.25) is 9.59 Å². The van der Waals surface area contributed by atoms with Crippen LogP contribution in [-0.2, 0) is 22.7 Å². The number of nitrogens with one attached hydrogen (secondary N) is 1. The van der Waals surface area contributed by atoms with Crippen LogP contribution in [0, 0.1) is 10.1 Å². The van der Waals surface area contributed by atoms with Gasteiger partial charge in [0, 0.05) is 13.0 Å². The fourth-order valence-corrected chi connectivity index (χ4v) is 2.27. The number of hydrogen-bond acceptors (Lipinski definition) is 7. The van der Waals surface area contributed by atoms with Crippen LogP contribution in [0.1, 0.15) is 31.4 Å².